The first-order valence-electron chi connectivity index (χ1n) is 9.04. The van der Waals surface area contributed by atoms with Gasteiger partial charge < -0.3 is 19.5 Å². The number of carbonyl (C=O) groups is 1. The molecule has 1 aliphatic rings. The molecular weight excluding hydrogens is 330 g/mol. The molecule has 0 saturated carbocycles. The summed E-state index contributed by atoms with van der Waals surface area (Å²) in [5, 5.41) is 3.35. The minimum atomic E-state index is -0.776. The van der Waals surface area contributed by atoms with E-state index >= 15 is 0 Å². The highest BCUT2D eigenvalue weighted by Gasteiger charge is 2.38. The van der Waals surface area contributed by atoms with Gasteiger partial charge in [0, 0.05) is 5.56 Å². The molecule has 1 aliphatic heterocycles. The van der Waals surface area contributed by atoms with Gasteiger partial charge in [-0.05, 0) is 30.7 Å². The first kappa shape index (κ1) is 18.6. The number of rotatable bonds is 8. The number of carbonyl (C=O) groups excluding carboxylic acids is 1. The zero-order valence-corrected chi connectivity index (χ0v) is 15.1. The molecule has 0 aliphatic carbocycles. The van der Waals surface area contributed by atoms with Crippen LogP contribution in [-0.4, -0.2) is 32.3 Å². The summed E-state index contributed by atoms with van der Waals surface area (Å²) < 4.78 is 17.1. The average Bonchev–Trinajstić information content (AvgIpc) is 3.17. The zero-order valence-electron chi connectivity index (χ0n) is 15.1. The second-order valence-electron chi connectivity index (χ2n) is 6.27. The van der Waals surface area contributed by atoms with Crippen LogP contribution in [0.4, 0.5) is 0 Å². The van der Waals surface area contributed by atoms with Gasteiger partial charge >= 0.3 is 5.97 Å². The molecule has 5 nitrogen and oxygen atoms in total. The summed E-state index contributed by atoms with van der Waals surface area (Å²) in [5.41, 5.74) is 2.38. The lowest BCUT2D eigenvalue weighted by atomic mass is 10.0. The summed E-state index contributed by atoms with van der Waals surface area (Å²) in [6.07, 6.45) is 1.04. The van der Waals surface area contributed by atoms with Crippen molar-refractivity contribution in [2.45, 2.75) is 25.7 Å². The Morgan fingerprint density at radius 3 is 2.42 bits per heavy atom. The number of esters is 1. The fourth-order valence-corrected chi connectivity index (χ4v) is 2.92. The van der Waals surface area contributed by atoms with E-state index in [0.29, 0.717) is 25.3 Å². The fourth-order valence-electron chi connectivity index (χ4n) is 2.92. The van der Waals surface area contributed by atoms with Crippen LogP contribution in [0.15, 0.2) is 54.6 Å². The molecule has 0 aromatic heterocycles. The van der Waals surface area contributed by atoms with Gasteiger partial charge in [-0.15, -0.1) is 0 Å². The first-order valence-corrected chi connectivity index (χ1v) is 9.04. The highest BCUT2D eigenvalue weighted by molar-refractivity contribution is 5.89. The van der Waals surface area contributed by atoms with E-state index in [1.165, 1.54) is 0 Å². The van der Waals surface area contributed by atoms with E-state index < -0.39 is 5.79 Å². The van der Waals surface area contributed by atoms with Crippen molar-refractivity contribution < 1.29 is 19.0 Å². The average molecular weight is 355 g/mol. The Bertz CT molecular complexity index is 694. The highest BCUT2D eigenvalue weighted by Crippen LogP contribution is 2.31. The molecular formula is C21H25NO4. The minimum Gasteiger partial charge on any atom is -0.457 e. The van der Waals surface area contributed by atoms with Crippen molar-refractivity contribution in [1.82, 2.24) is 5.32 Å². The van der Waals surface area contributed by atoms with Gasteiger partial charge in [0.05, 0.1) is 25.3 Å². The van der Waals surface area contributed by atoms with Crippen molar-refractivity contribution in [3.05, 3.63) is 71.3 Å². The standard InChI is InChI=1S/C21H25NO4/c1-2-12-22-16-21(25-13-14-26-21)19-10-8-18(9-11-19)20(23)24-15-17-6-4-3-5-7-17/h3-11,22H,2,12-16H2,1H3. The van der Waals surface area contributed by atoms with Crippen LogP contribution in [0.1, 0.15) is 34.8 Å². The van der Waals surface area contributed by atoms with Crippen molar-refractivity contribution >= 4 is 5.97 Å². The summed E-state index contributed by atoms with van der Waals surface area (Å²) in [6.45, 7) is 4.99. The number of benzene rings is 2. The van der Waals surface area contributed by atoms with Crippen molar-refractivity contribution in [3.8, 4) is 0 Å². The third kappa shape index (κ3) is 4.49. The van der Waals surface area contributed by atoms with Gasteiger partial charge in [-0.2, -0.15) is 0 Å². The minimum absolute atomic E-state index is 0.262. The fraction of sp³-hybridized carbons (Fsp3) is 0.381. The largest absolute Gasteiger partial charge is 0.457 e. The van der Waals surface area contributed by atoms with E-state index in [0.717, 1.165) is 24.1 Å². The molecule has 0 bridgehead atoms. The Kier molecular flexibility index (Phi) is 6.39. The molecule has 2 aromatic carbocycles. The maximum Gasteiger partial charge on any atom is 0.338 e. The lowest BCUT2D eigenvalue weighted by molar-refractivity contribution is -0.161. The molecule has 5 heteroatoms. The van der Waals surface area contributed by atoms with Crippen molar-refractivity contribution in [3.63, 3.8) is 0 Å². The molecule has 1 fully saturated rings. The second kappa shape index (κ2) is 8.94. The molecule has 0 amide bonds. The Balaban J connectivity index is 1.64. The quantitative estimate of drug-likeness (QED) is 0.582. The van der Waals surface area contributed by atoms with Crippen LogP contribution in [0.25, 0.3) is 0 Å². The van der Waals surface area contributed by atoms with Gasteiger partial charge in [-0.3, -0.25) is 0 Å². The van der Waals surface area contributed by atoms with Crippen LogP contribution in [0.5, 0.6) is 0 Å². The van der Waals surface area contributed by atoms with Crippen LogP contribution in [0.3, 0.4) is 0 Å². The van der Waals surface area contributed by atoms with E-state index in [1.54, 1.807) is 12.1 Å². The van der Waals surface area contributed by atoms with E-state index in [2.05, 4.69) is 12.2 Å². The predicted molar refractivity (Wildman–Crippen MR) is 98.7 cm³/mol. The molecule has 26 heavy (non-hydrogen) atoms. The predicted octanol–water partition coefficient (Wildman–Crippen LogP) is 3.24. The first-order chi connectivity index (χ1) is 12.7. The van der Waals surface area contributed by atoms with Crippen LogP contribution in [-0.2, 0) is 26.6 Å². The second-order valence-corrected chi connectivity index (χ2v) is 6.27. The van der Waals surface area contributed by atoms with Gasteiger partial charge in [-0.25, -0.2) is 4.79 Å². The molecule has 1 saturated heterocycles. The van der Waals surface area contributed by atoms with Gasteiger partial charge in [0.2, 0.25) is 5.79 Å². The van der Waals surface area contributed by atoms with E-state index in [1.807, 2.05) is 42.5 Å². The lowest BCUT2D eigenvalue weighted by Crippen LogP contribution is -2.39. The monoisotopic (exact) mass is 355 g/mol. The summed E-state index contributed by atoms with van der Waals surface area (Å²) in [4.78, 5) is 12.2. The van der Waals surface area contributed by atoms with Gasteiger partial charge in [0.1, 0.15) is 6.61 Å². The summed E-state index contributed by atoms with van der Waals surface area (Å²) >= 11 is 0. The molecule has 3 rings (SSSR count). The Hall–Kier alpha value is -2.21. The van der Waals surface area contributed by atoms with E-state index in [4.69, 9.17) is 14.2 Å². The van der Waals surface area contributed by atoms with Crippen LogP contribution in [0.2, 0.25) is 0 Å². The highest BCUT2D eigenvalue weighted by atomic mass is 16.7. The topological polar surface area (TPSA) is 56.8 Å². The Morgan fingerprint density at radius 2 is 1.77 bits per heavy atom. The number of hydrogen-bond donors (Lipinski definition) is 1. The zero-order chi connectivity index (χ0) is 18.2. The van der Waals surface area contributed by atoms with E-state index in [9.17, 15) is 4.79 Å². The number of ether oxygens (including phenoxy) is 3. The van der Waals surface area contributed by atoms with Crippen molar-refractivity contribution in [1.29, 1.82) is 0 Å². The molecule has 0 atom stereocenters. The smallest absolute Gasteiger partial charge is 0.338 e. The third-order valence-corrected chi connectivity index (χ3v) is 4.31. The van der Waals surface area contributed by atoms with Crippen molar-refractivity contribution in [2.75, 3.05) is 26.3 Å². The van der Waals surface area contributed by atoms with Crippen LogP contribution < -0.4 is 5.32 Å². The Labute approximate surface area is 154 Å². The molecule has 1 heterocycles. The number of hydrogen-bond acceptors (Lipinski definition) is 5. The maximum absolute atomic E-state index is 12.2. The van der Waals surface area contributed by atoms with Gasteiger partial charge in [0.15, 0.2) is 0 Å². The summed E-state index contributed by atoms with van der Waals surface area (Å²) in [5.74, 6) is -1.12. The molecule has 138 valence electrons. The van der Waals surface area contributed by atoms with E-state index in [-0.39, 0.29) is 12.6 Å². The van der Waals surface area contributed by atoms with Gasteiger partial charge in [0.25, 0.3) is 0 Å². The SMILES string of the molecule is CCCNCC1(c2ccc(C(=O)OCc3ccccc3)cc2)OCCO1. The van der Waals surface area contributed by atoms with Crippen LogP contribution >= 0.6 is 0 Å². The van der Waals surface area contributed by atoms with Crippen molar-refractivity contribution in [2.24, 2.45) is 0 Å². The summed E-state index contributed by atoms with van der Waals surface area (Å²) in [6, 6.07) is 16.9. The normalized spacial score (nSPS) is 15.7. The third-order valence-electron chi connectivity index (χ3n) is 4.31. The molecule has 2 aromatic rings. The molecule has 0 unspecified atom stereocenters. The maximum atomic E-state index is 12.2. The molecule has 0 radical (unpaired) electrons. The van der Waals surface area contributed by atoms with Gasteiger partial charge in [-0.1, -0.05) is 49.4 Å². The Morgan fingerprint density at radius 1 is 1.08 bits per heavy atom. The lowest BCUT2D eigenvalue weighted by Gasteiger charge is -2.28. The molecule has 0 spiro atoms. The number of nitrogens with one attached hydrogen (secondary N) is 1. The van der Waals surface area contributed by atoms with Crippen LogP contribution in [0, 0.1) is 0 Å². The summed E-state index contributed by atoms with van der Waals surface area (Å²) in [7, 11) is 0. The molecule has 1 N–H and O–H groups in total.